The molecule has 4 heterocycles. The van der Waals surface area contributed by atoms with Gasteiger partial charge in [0.1, 0.15) is 11.5 Å². The van der Waals surface area contributed by atoms with Crippen LogP contribution in [0.2, 0.25) is 0 Å². The molecule has 1 aliphatic rings. The van der Waals surface area contributed by atoms with Gasteiger partial charge in [0.2, 0.25) is 5.95 Å². The summed E-state index contributed by atoms with van der Waals surface area (Å²) >= 11 is 0. The molecule has 8 nitrogen and oxygen atoms in total. The fraction of sp³-hybridized carbons (Fsp3) is 0.429. The van der Waals surface area contributed by atoms with Gasteiger partial charge in [-0.2, -0.15) is 5.10 Å². The van der Waals surface area contributed by atoms with Crippen molar-refractivity contribution in [3.05, 3.63) is 59.3 Å². The Morgan fingerprint density at radius 3 is 2.76 bits per heavy atom. The summed E-state index contributed by atoms with van der Waals surface area (Å²) in [5, 5.41) is 8.78. The van der Waals surface area contributed by atoms with Crippen molar-refractivity contribution >= 4 is 22.7 Å². The van der Waals surface area contributed by atoms with Gasteiger partial charge in [-0.05, 0) is 63.3 Å². The van der Waals surface area contributed by atoms with Crippen LogP contribution in [0.3, 0.4) is 0 Å². The molecule has 1 aromatic carbocycles. The van der Waals surface area contributed by atoms with Gasteiger partial charge in [0, 0.05) is 48.9 Å². The Kier molecular flexibility index (Phi) is 7.17. The number of rotatable bonds is 8. The lowest BCUT2D eigenvalue weighted by molar-refractivity contribution is 0.236. The van der Waals surface area contributed by atoms with Gasteiger partial charge >= 0.3 is 0 Å². The van der Waals surface area contributed by atoms with E-state index >= 15 is 0 Å². The summed E-state index contributed by atoms with van der Waals surface area (Å²) in [5.74, 6) is 0.813. The van der Waals surface area contributed by atoms with Gasteiger partial charge in [-0.15, -0.1) is 0 Å². The van der Waals surface area contributed by atoms with Crippen LogP contribution in [-0.2, 0) is 20.0 Å². The summed E-state index contributed by atoms with van der Waals surface area (Å²) in [6.07, 6.45) is 3.28. The molecule has 0 atom stereocenters. The summed E-state index contributed by atoms with van der Waals surface area (Å²) in [6.45, 7) is 8.37. The predicted molar refractivity (Wildman–Crippen MR) is 145 cm³/mol. The number of fused-ring (bicyclic) bond motifs is 2. The van der Waals surface area contributed by atoms with E-state index in [1.54, 1.807) is 0 Å². The molecule has 0 unspecified atom stereocenters. The molecule has 0 radical (unpaired) electrons. The zero-order valence-corrected chi connectivity index (χ0v) is 22.3. The fourth-order valence-electron chi connectivity index (χ4n) is 5.14. The van der Waals surface area contributed by atoms with Gasteiger partial charge in [-0.25, -0.2) is 19.3 Å². The molecule has 0 bridgehead atoms. The summed E-state index contributed by atoms with van der Waals surface area (Å²) in [5.41, 5.74) is 5.30. The van der Waals surface area contributed by atoms with Crippen LogP contribution in [0.1, 0.15) is 43.1 Å². The highest BCUT2D eigenvalue weighted by Gasteiger charge is 2.19. The molecular weight excluding hydrogens is 467 g/mol. The van der Waals surface area contributed by atoms with Gasteiger partial charge in [0.15, 0.2) is 5.82 Å². The van der Waals surface area contributed by atoms with E-state index in [1.165, 1.54) is 11.8 Å². The molecular formula is C28H35FN8. The van der Waals surface area contributed by atoms with Gasteiger partial charge in [0.05, 0.1) is 11.7 Å². The minimum atomic E-state index is -0.465. The van der Waals surface area contributed by atoms with Crippen LogP contribution in [0, 0.1) is 5.82 Å². The minimum absolute atomic E-state index is 0.254. The minimum Gasteiger partial charge on any atom is -0.309 e. The zero-order valence-electron chi connectivity index (χ0n) is 22.3. The van der Waals surface area contributed by atoms with Crippen LogP contribution >= 0.6 is 0 Å². The highest BCUT2D eigenvalue weighted by molar-refractivity contribution is 5.86. The summed E-state index contributed by atoms with van der Waals surface area (Å²) in [7, 11) is 6.16. The molecule has 0 aliphatic carbocycles. The maximum absolute atomic E-state index is 14.9. The number of nitrogens with one attached hydrogen (secondary N) is 1. The van der Waals surface area contributed by atoms with E-state index in [9.17, 15) is 4.39 Å². The number of hydrogen-bond acceptors (Lipinski definition) is 7. The highest BCUT2D eigenvalue weighted by Crippen LogP contribution is 2.30. The number of benzene rings is 1. The molecule has 0 amide bonds. The van der Waals surface area contributed by atoms with Gasteiger partial charge < -0.3 is 10.2 Å². The Morgan fingerprint density at radius 1 is 1.14 bits per heavy atom. The molecule has 5 rings (SSSR count). The van der Waals surface area contributed by atoms with Crippen LogP contribution in [0.15, 0.2) is 36.5 Å². The topological polar surface area (TPSA) is 75.0 Å². The van der Waals surface area contributed by atoms with Crippen molar-refractivity contribution in [3.63, 3.8) is 0 Å². The molecule has 0 saturated carbocycles. The van der Waals surface area contributed by atoms with Gasteiger partial charge in [-0.3, -0.25) is 9.58 Å². The van der Waals surface area contributed by atoms with Crippen LogP contribution in [0.5, 0.6) is 0 Å². The molecule has 4 aromatic rings. The summed E-state index contributed by atoms with van der Waals surface area (Å²) in [6, 6.07) is 9.81. The van der Waals surface area contributed by atoms with Crippen molar-refractivity contribution in [2.45, 2.75) is 39.2 Å². The lowest BCUT2D eigenvalue weighted by Gasteiger charge is -2.28. The quantitative estimate of drug-likeness (QED) is 0.373. The van der Waals surface area contributed by atoms with Crippen LogP contribution < -0.4 is 5.32 Å². The molecule has 0 fully saturated rings. The first-order valence-corrected chi connectivity index (χ1v) is 12.9. The van der Waals surface area contributed by atoms with Crippen molar-refractivity contribution < 1.29 is 4.39 Å². The summed E-state index contributed by atoms with van der Waals surface area (Å²) in [4.78, 5) is 18.2. The molecule has 0 saturated heterocycles. The average Bonchev–Trinajstić information content (AvgIpc) is 3.20. The first-order chi connectivity index (χ1) is 17.8. The molecule has 1 aliphatic heterocycles. The Hall–Kier alpha value is -3.43. The highest BCUT2D eigenvalue weighted by atomic mass is 19.1. The SMILES string of the molecule is CC(C)c1c2cc(-c3nc(Nc4ccc5c(n4)CCN(CCCN(C)C)C5)ncc3F)ccc2nn1C. The first-order valence-electron chi connectivity index (χ1n) is 12.9. The number of anilines is 2. The van der Waals surface area contributed by atoms with Crippen molar-refractivity contribution in [2.24, 2.45) is 7.05 Å². The monoisotopic (exact) mass is 502 g/mol. The lowest BCUT2D eigenvalue weighted by Crippen LogP contribution is -2.33. The smallest absolute Gasteiger partial charge is 0.229 e. The van der Waals surface area contributed by atoms with Crippen LogP contribution in [0.25, 0.3) is 22.2 Å². The normalized spacial score (nSPS) is 14.1. The molecule has 9 heteroatoms. The number of aryl methyl sites for hydroxylation is 1. The Balaban J connectivity index is 1.35. The molecule has 0 spiro atoms. The maximum atomic E-state index is 14.9. The maximum Gasteiger partial charge on any atom is 0.229 e. The molecule has 194 valence electrons. The molecule has 37 heavy (non-hydrogen) atoms. The molecule has 3 aromatic heterocycles. The van der Waals surface area contributed by atoms with Crippen LogP contribution in [-0.4, -0.2) is 68.3 Å². The van der Waals surface area contributed by atoms with E-state index < -0.39 is 5.82 Å². The van der Waals surface area contributed by atoms with Gasteiger partial charge in [0.25, 0.3) is 0 Å². The number of halogens is 1. The number of hydrogen-bond donors (Lipinski definition) is 1. The number of aromatic nitrogens is 5. The van der Waals surface area contributed by atoms with E-state index in [-0.39, 0.29) is 11.6 Å². The fourth-order valence-corrected chi connectivity index (χ4v) is 5.14. The standard InChI is InChI=1S/C28H35FN8/c1-18(2)27-21-15-19(7-9-24(21)34-36(27)5)26-22(29)16-30-28(33-26)32-25-10-8-20-17-37(13-6-12-35(3)4)14-11-23(20)31-25/h7-10,15-16,18H,6,11-14,17H2,1-5H3,(H,30,31,32,33). The predicted octanol–water partition coefficient (Wildman–Crippen LogP) is 4.74. The average molecular weight is 503 g/mol. The third-order valence-electron chi connectivity index (χ3n) is 6.89. The van der Waals surface area contributed by atoms with Crippen molar-refractivity contribution in [3.8, 4) is 11.3 Å². The van der Waals surface area contributed by atoms with E-state index in [2.05, 4.69) is 64.2 Å². The van der Waals surface area contributed by atoms with Gasteiger partial charge in [-0.1, -0.05) is 26.0 Å². The number of pyridine rings is 1. The van der Waals surface area contributed by atoms with Crippen molar-refractivity contribution in [1.29, 1.82) is 0 Å². The Morgan fingerprint density at radius 2 is 1.97 bits per heavy atom. The Labute approximate surface area is 217 Å². The van der Waals surface area contributed by atoms with E-state index in [0.29, 0.717) is 17.3 Å². The van der Waals surface area contributed by atoms with Crippen LogP contribution in [0.4, 0.5) is 16.2 Å². The Bertz CT molecular complexity index is 1410. The number of nitrogens with zero attached hydrogens (tertiary/aromatic N) is 7. The van der Waals surface area contributed by atoms with Crippen molar-refractivity contribution in [1.82, 2.24) is 34.5 Å². The summed E-state index contributed by atoms with van der Waals surface area (Å²) < 4.78 is 16.8. The van der Waals surface area contributed by atoms with E-state index in [4.69, 9.17) is 4.98 Å². The second-order valence-corrected chi connectivity index (χ2v) is 10.4. The lowest BCUT2D eigenvalue weighted by atomic mass is 10.0. The second kappa shape index (κ2) is 10.5. The largest absolute Gasteiger partial charge is 0.309 e. The molecule has 1 N–H and O–H groups in total. The second-order valence-electron chi connectivity index (χ2n) is 10.4. The zero-order chi connectivity index (χ0) is 26.1. The van der Waals surface area contributed by atoms with Crippen molar-refractivity contribution in [2.75, 3.05) is 39.0 Å². The first kappa shape index (κ1) is 25.2. The third kappa shape index (κ3) is 5.47. The van der Waals surface area contributed by atoms with E-state index in [1.807, 2.05) is 36.0 Å². The van der Waals surface area contributed by atoms with E-state index in [0.717, 1.165) is 61.3 Å². The third-order valence-corrected chi connectivity index (χ3v) is 6.89.